The molecule has 0 unspecified atom stereocenters. The largest absolute Gasteiger partial charge is 0.497 e. The average molecular weight is 352 g/mol. The lowest BCUT2D eigenvalue weighted by atomic mass is 10.1. The van der Waals surface area contributed by atoms with Crippen LogP contribution in [0.5, 0.6) is 5.75 Å². The molecule has 1 N–H and O–H groups in total. The van der Waals surface area contributed by atoms with Crippen LogP contribution in [-0.2, 0) is 17.6 Å². The van der Waals surface area contributed by atoms with E-state index in [9.17, 15) is 4.79 Å². The Bertz CT molecular complexity index is 849. The summed E-state index contributed by atoms with van der Waals surface area (Å²) in [5.74, 6) is 1.65. The number of nitrogens with zero attached hydrogens (tertiary/aromatic N) is 3. The fourth-order valence-electron chi connectivity index (χ4n) is 2.45. The average Bonchev–Trinajstić information content (AvgIpc) is 3.16. The lowest BCUT2D eigenvalue weighted by Crippen LogP contribution is -2.25. The maximum Gasteiger partial charge on any atom is 0.247 e. The molecule has 3 rings (SSSR count). The molecule has 0 aliphatic carbocycles. The normalized spacial score (nSPS) is 10.5. The van der Waals surface area contributed by atoms with Gasteiger partial charge in [-0.05, 0) is 36.2 Å². The molecule has 1 aromatic carbocycles. The molecule has 2 aromatic heterocycles. The lowest BCUT2D eigenvalue weighted by molar-refractivity contribution is -0.121. The van der Waals surface area contributed by atoms with Crippen LogP contribution in [0, 0.1) is 0 Å². The predicted octanol–water partition coefficient (Wildman–Crippen LogP) is 2.43. The van der Waals surface area contributed by atoms with E-state index in [0.717, 1.165) is 23.3 Å². The molecular weight excluding hydrogens is 332 g/mol. The van der Waals surface area contributed by atoms with E-state index in [1.165, 1.54) is 0 Å². The van der Waals surface area contributed by atoms with E-state index in [0.29, 0.717) is 31.2 Å². The number of aromatic nitrogens is 3. The van der Waals surface area contributed by atoms with Crippen LogP contribution in [0.3, 0.4) is 0 Å². The zero-order valence-electron chi connectivity index (χ0n) is 14.5. The number of carbonyl (C=O) groups excluding carboxylic acids is 1. The summed E-state index contributed by atoms with van der Waals surface area (Å²) in [6.07, 6.45) is 4.78. The van der Waals surface area contributed by atoms with E-state index >= 15 is 0 Å². The van der Waals surface area contributed by atoms with Gasteiger partial charge in [-0.3, -0.25) is 9.78 Å². The molecule has 7 heteroatoms. The number of hydrogen-bond acceptors (Lipinski definition) is 6. The molecule has 0 saturated carbocycles. The number of hydrogen-bond donors (Lipinski definition) is 1. The Balaban J connectivity index is 1.42. The van der Waals surface area contributed by atoms with Crippen molar-refractivity contribution in [3.05, 3.63) is 60.2 Å². The van der Waals surface area contributed by atoms with Gasteiger partial charge in [0.25, 0.3) is 0 Å². The van der Waals surface area contributed by atoms with Gasteiger partial charge in [0.1, 0.15) is 5.75 Å². The van der Waals surface area contributed by atoms with Crippen molar-refractivity contribution in [3.8, 4) is 17.2 Å². The maximum absolute atomic E-state index is 12.0. The molecule has 2 heterocycles. The van der Waals surface area contributed by atoms with Crippen LogP contribution in [0.15, 0.2) is 53.2 Å². The Morgan fingerprint density at radius 2 is 2.00 bits per heavy atom. The summed E-state index contributed by atoms with van der Waals surface area (Å²) in [6, 6.07) is 11.4. The van der Waals surface area contributed by atoms with Crippen molar-refractivity contribution in [2.24, 2.45) is 0 Å². The summed E-state index contributed by atoms with van der Waals surface area (Å²) in [7, 11) is 1.64. The highest BCUT2D eigenvalue weighted by Crippen LogP contribution is 2.17. The van der Waals surface area contributed by atoms with Crippen LogP contribution in [0.25, 0.3) is 11.5 Å². The van der Waals surface area contributed by atoms with Crippen LogP contribution in [0.4, 0.5) is 0 Å². The van der Waals surface area contributed by atoms with E-state index in [-0.39, 0.29) is 5.91 Å². The molecule has 0 spiro atoms. The van der Waals surface area contributed by atoms with Crippen molar-refractivity contribution >= 4 is 5.91 Å². The highest BCUT2D eigenvalue weighted by atomic mass is 16.5. The number of methoxy groups -OCH3 is 1. The molecule has 26 heavy (non-hydrogen) atoms. The second-order valence-corrected chi connectivity index (χ2v) is 5.69. The molecule has 3 aromatic rings. The van der Waals surface area contributed by atoms with Crippen molar-refractivity contribution in [1.82, 2.24) is 20.5 Å². The highest BCUT2D eigenvalue weighted by molar-refractivity contribution is 5.76. The van der Waals surface area contributed by atoms with Gasteiger partial charge in [0.15, 0.2) is 0 Å². The van der Waals surface area contributed by atoms with E-state index in [1.807, 2.05) is 24.3 Å². The number of amides is 1. The van der Waals surface area contributed by atoms with Gasteiger partial charge in [-0.25, -0.2) is 0 Å². The fraction of sp³-hybridized carbons (Fsp3) is 0.263. The highest BCUT2D eigenvalue weighted by Gasteiger charge is 2.10. The summed E-state index contributed by atoms with van der Waals surface area (Å²) >= 11 is 0. The smallest absolute Gasteiger partial charge is 0.247 e. The number of rotatable bonds is 8. The quantitative estimate of drug-likeness (QED) is 0.670. The van der Waals surface area contributed by atoms with Crippen molar-refractivity contribution in [2.45, 2.75) is 19.3 Å². The van der Waals surface area contributed by atoms with Crippen LogP contribution < -0.4 is 10.1 Å². The van der Waals surface area contributed by atoms with Crippen LogP contribution in [0.1, 0.15) is 17.9 Å². The Hall–Kier alpha value is -3.22. The van der Waals surface area contributed by atoms with E-state index in [4.69, 9.17) is 9.15 Å². The molecular formula is C19H20N4O3. The fourth-order valence-corrected chi connectivity index (χ4v) is 2.45. The van der Waals surface area contributed by atoms with Crippen LogP contribution in [-0.4, -0.2) is 34.7 Å². The van der Waals surface area contributed by atoms with Crippen molar-refractivity contribution in [1.29, 1.82) is 0 Å². The third-order valence-corrected chi connectivity index (χ3v) is 3.83. The minimum Gasteiger partial charge on any atom is -0.497 e. The summed E-state index contributed by atoms with van der Waals surface area (Å²) in [5.41, 5.74) is 1.92. The summed E-state index contributed by atoms with van der Waals surface area (Å²) in [5, 5.41) is 10.9. The topological polar surface area (TPSA) is 90.1 Å². The molecule has 134 valence electrons. The molecule has 0 radical (unpaired) electrons. The van der Waals surface area contributed by atoms with Gasteiger partial charge < -0.3 is 14.5 Å². The number of pyridine rings is 1. The second-order valence-electron chi connectivity index (χ2n) is 5.69. The van der Waals surface area contributed by atoms with Crippen molar-refractivity contribution < 1.29 is 13.9 Å². The summed E-state index contributed by atoms with van der Waals surface area (Å²) < 4.78 is 10.8. The third-order valence-electron chi connectivity index (χ3n) is 3.83. The Labute approximate surface area is 151 Å². The first-order chi connectivity index (χ1) is 12.7. The van der Waals surface area contributed by atoms with Gasteiger partial charge in [-0.1, -0.05) is 12.1 Å². The van der Waals surface area contributed by atoms with E-state index < -0.39 is 0 Å². The molecule has 0 atom stereocenters. The molecule has 7 nitrogen and oxygen atoms in total. The number of ether oxygens (including phenoxy) is 1. The Morgan fingerprint density at radius 3 is 2.81 bits per heavy atom. The summed E-state index contributed by atoms with van der Waals surface area (Å²) in [6.45, 7) is 0.568. The number of aryl methyl sites for hydroxylation is 1. The second kappa shape index (κ2) is 8.75. The third kappa shape index (κ3) is 4.89. The zero-order valence-corrected chi connectivity index (χ0v) is 14.5. The van der Waals surface area contributed by atoms with Crippen LogP contribution in [0.2, 0.25) is 0 Å². The molecule has 0 saturated heterocycles. The Morgan fingerprint density at radius 1 is 1.15 bits per heavy atom. The lowest BCUT2D eigenvalue weighted by Gasteiger charge is -2.06. The van der Waals surface area contributed by atoms with Gasteiger partial charge >= 0.3 is 0 Å². The van der Waals surface area contributed by atoms with Gasteiger partial charge in [0, 0.05) is 37.3 Å². The number of carbonyl (C=O) groups is 1. The van der Waals surface area contributed by atoms with Crippen molar-refractivity contribution in [3.63, 3.8) is 0 Å². The monoisotopic (exact) mass is 352 g/mol. The molecule has 1 amide bonds. The number of benzene rings is 1. The minimum absolute atomic E-state index is 0.0449. The first-order valence-corrected chi connectivity index (χ1v) is 8.37. The van der Waals surface area contributed by atoms with Gasteiger partial charge in [-0.2, -0.15) is 0 Å². The van der Waals surface area contributed by atoms with Crippen LogP contribution >= 0.6 is 0 Å². The predicted molar refractivity (Wildman–Crippen MR) is 95.6 cm³/mol. The van der Waals surface area contributed by atoms with E-state index in [1.54, 1.807) is 31.6 Å². The Kier molecular flexibility index (Phi) is 5.92. The van der Waals surface area contributed by atoms with Crippen molar-refractivity contribution in [2.75, 3.05) is 13.7 Å². The maximum atomic E-state index is 12.0. The SMILES string of the molecule is COc1cccc(CCNC(=O)CCc2nnc(-c3ccncc3)o2)c1. The minimum atomic E-state index is -0.0449. The molecule has 0 aliphatic rings. The summed E-state index contributed by atoms with van der Waals surface area (Å²) in [4.78, 5) is 15.9. The van der Waals surface area contributed by atoms with E-state index in [2.05, 4.69) is 20.5 Å². The zero-order chi connectivity index (χ0) is 18.2. The first kappa shape index (κ1) is 17.6. The molecule has 0 fully saturated rings. The van der Waals surface area contributed by atoms with Gasteiger partial charge in [0.2, 0.25) is 17.7 Å². The molecule has 0 bridgehead atoms. The van der Waals surface area contributed by atoms with Gasteiger partial charge in [0.05, 0.1) is 7.11 Å². The standard InChI is InChI=1S/C19H20N4O3/c1-25-16-4-2-3-14(13-16)7-12-21-17(24)5-6-18-22-23-19(26-18)15-8-10-20-11-9-15/h2-4,8-11,13H,5-7,12H2,1H3,(H,21,24). The first-order valence-electron chi connectivity index (χ1n) is 8.37. The molecule has 0 aliphatic heterocycles. The number of nitrogens with one attached hydrogen (secondary N) is 1. The van der Waals surface area contributed by atoms with Gasteiger partial charge in [-0.15, -0.1) is 10.2 Å².